The predicted octanol–water partition coefficient (Wildman–Crippen LogP) is 3.59. The zero-order chi connectivity index (χ0) is 8.65. The van der Waals surface area contributed by atoms with Crippen LogP contribution in [-0.2, 0) is 6.42 Å². The highest BCUT2D eigenvalue weighted by Gasteiger charge is 1.94. The summed E-state index contributed by atoms with van der Waals surface area (Å²) in [6.45, 7) is 2.24. The van der Waals surface area contributed by atoms with Gasteiger partial charge in [0, 0.05) is 5.56 Å². The highest BCUT2D eigenvalue weighted by Crippen LogP contribution is 2.08. The first kappa shape index (κ1) is 9.37. The summed E-state index contributed by atoms with van der Waals surface area (Å²) in [5.41, 5.74) is 1.21. The van der Waals surface area contributed by atoms with E-state index in [0.717, 1.165) is 6.42 Å². The normalized spacial score (nSPS) is 10.4. The fourth-order valence-electron chi connectivity index (χ4n) is 1.31. The van der Waals surface area contributed by atoms with Crippen molar-refractivity contribution in [2.75, 3.05) is 0 Å². The van der Waals surface area contributed by atoms with E-state index >= 15 is 0 Å². The van der Waals surface area contributed by atoms with Crippen molar-refractivity contribution in [3.05, 3.63) is 24.2 Å². The number of rotatable bonds is 6. The second-order valence-electron chi connectivity index (χ2n) is 3.21. The minimum atomic E-state index is 1.13. The highest BCUT2D eigenvalue weighted by molar-refractivity contribution is 5.03. The fraction of sp³-hybridized carbons (Fsp3) is 0.636. The van der Waals surface area contributed by atoms with Crippen molar-refractivity contribution in [1.82, 2.24) is 0 Å². The molecule has 1 aromatic rings. The van der Waals surface area contributed by atoms with Gasteiger partial charge in [-0.25, -0.2) is 0 Å². The zero-order valence-corrected chi connectivity index (χ0v) is 7.81. The van der Waals surface area contributed by atoms with Gasteiger partial charge in [-0.1, -0.05) is 32.6 Å². The topological polar surface area (TPSA) is 13.1 Å². The Bertz CT molecular complexity index is 177. The van der Waals surface area contributed by atoms with Gasteiger partial charge in [0.05, 0.1) is 6.26 Å². The second-order valence-corrected chi connectivity index (χ2v) is 3.21. The maximum atomic E-state index is 4.87. The SMILES string of the molecule is CCCCCCCc1[c]occ1. The van der Waals surface area contributed by atoms with E-state index < -0.39 is 0 Å². The van der Waals surface area contributed by atoms with Gasteiger partial charge in [0.15, 0.2) is 6.26 Å². The van der Waals surface area contributed by atoms with Crippen molar-refractivity contribution in [2.45, 2.75) is 45.4 Å². The molecule has 0 aliphatic heterocycles. The maximum Gasteiger partial charge on any atom is 0.172 e. The van der Waals surface area contributed by atoms with Crippen LogP contribution in [0, 0.1) is 6.26 Å². The maximum absolute atomic E-state index is 4.87. The molecule has 1 rings (SSSR count). The first-order valence-electron chi connectivity index (χ1n) is 4.87. The summed E-state index contributed by atoms with van der Waals surface area (Å²) in [5, 5.41) is 0. The average molecular weight is 165 g/mol. The molecule has 0 fully saturated rings. The van der Waals surface area contributed by atoms with Crippen LogP contribution >= 0.6 is 0 Å². The molecule has 67 valence electrons. The van der Waals surface area contributed by atoms with Gasteiger partial charge < -0.3 is 4.42 Å². The largest absolute Gasteiger partial charge is 0.461 e. The number of furan rings is 1. The molecular formula is C11H17O. The lowest BCUT2D eigenvalue weighted by molar-refractivity contribution is 0.552. The molecule has 0 aliphatic rings. The molecule has 0 bridgehead atoms. The standard InChI is InChI=1S/C11H17O/c1-2-3-4-5-6-7-11-8-9-12-10-11/h8-9H,2-7H2,1H3. The molecule has 0 saturated heterocycles. The van der Waals surface area contributed by atoms with Gasteiger partial charge in [-0.05, 0) is 18.9 Å². The Morgan fingerprint density at radius 2 is 2.08 bits per heavy atom. The van der Waals surface area contributed by atoms with Crippen LogP contribution in [0.3, 0.4) is 0 Å². The molecule has 1 nitrogen and oxygen atoms in total. The Labute approximate surface area is 74.8 Å². The Morgan fingerprint density at radius 3 is 2.75 bits per heavy atom. The third kappa shape index (κ3) is 3.61. The molecule has 1 heteroatoms. The van der Waals surface area contributed by atoms with Gasteiger partial charge in [-0.3, -0.25) is 0 Å². The van der Waals surface area contributed by atoms with Gasteiger partial charge in [-0.2, -0.15) is 0 Å². The molecule has 1 radical (unpaired) electrons. The molecule has 0 amide bonds. The van der Waals surface area contributed by atoms with Crippen LogP contribution < -0.4 is 0 Å². The lowest BCUT2D eigenvalue weighted by Crippen LogP contribution is -1.82. The van der Waals surface area contributed by atoms with Crippen LogP contribution in [0.25, 0.3) is 0 Å². The third-order valence-electron chi connectivity index (χ3n) is 2.08. The van der Waals surface area contributed by atoms with Crippen molar-refractivity contribution in [2.24, 2.45) is 0 Å². The summed E-state index contributed by atoms with van der Waals surface area (Å²) < 4.78 is 4.87. The number of aryl methyl sites for hydroxylation is 1. The first-order chi connectivity index (χ1) is 5.93. The smallest absolute Gasteiger partial charge is 0.172 e. The Balaban J connectivity index is 1.96. The summed E-state index contributed by atoms with van der Waals surface area (Å²) >= 11 is 0. The van der Waals surface area contributed by atoms with E-state index in [1.807, 2.05) is 6.07 Å². The van der Waals surface area contributed by atoms with Crippen molar-refractivity contribution in [1.29, 1.82) is 0 Å². The Morgan fingerprint density at radius 1 is 1.25 bits per heavy atom. The summed E-state index contributed by atoms with van der Waals surface area (Å²) in [6.07, 6.45) is 12.3. The van der Waals surface area contributed by atoms with Crippen LogP contribution in [0.5, 0.6) is 0 Å². The molecule has 0 atom stereocenters. The van der Waals surface area contributed by atoms with E-state index in [2.05, 4.69) is 13.2 Å². The van der Waals surface area contributed by atoms with Crippen molar-refractivity contribution in [3.8, 4) is 0 Å². The first-order valence-corrected chi connectivity index (χ1v) is 4.87. The van der Waals surface area contributed by atoms with Crippen molar-refractivity contribution < 1.29 is 4.42 Å². The van der Waals surface area contributed by atoms with Gasteiger partial charge in [-0.15, -0.1) is 0 Å². The van der Waals surface area contributed by atoms with E-state index in [1.165, 1.54) is 37.7 Å². The molecule has 12 heavy (non-hydrogen) atoms. The Kier molecular flexibility index (Phi) is 4.58. The number of hydrogen-bond acceptors (Lipinski definition) is 1. The van der Waals surface area contributed by atoms with E-state index in [9.17, 15) is 0 Å². The van der Waals surface area contributed by atoms with Crippen molar-refractivity contribution >= 4 is 0 Å². The van der Waals surface area contributed by atoms with Gasteiger partial charge >= 0.3 is 0 Å². The van der Waals surface area contributed by atoms with E-state index in [0.29, 0.717) is 0 Å². The van der Waals surface area contributed by atoms with Gasteiger partial charge in [0.1, 0.15) is 0 Å². The summed E-state index contributed by atoms with van der Waals surface area (Å²) in [7, 11) is 0. The molecular weight excluding hydrogens is 148 g/mol. The summed E-state index contributed by atoms with van der Waals surface area (Å²) in [5.74, 6) is 0. The molecule has 0 aliphatic carbocycles. The minimum absolute atomic E-state index is 1.13. The number of hydrogen-bond donors (Lipinski definition) is 0. The third-order valence-corrected chi connectivity index (χ3v) is 2.08. The van der Waals surface area contributed by atoms with Crippen LogP contribution in [0.4, 0.5) is 0 Å². The van der Waals surface area contributed by atoms with Crippen LogP contribution in [-0.4, -0.2) is 0 Å². The Hall–Kier alpha value is -0.720. The molecule has 1 heterocycles. The van der Waals surface area contributed by atoms with Crippen LogP contribution in [0.15, 0.2) is 16.7 Å². The minimum Gasteiger partial charge on any atom is -0.461 e. The number of unbranched alkanes of at least 4 members (excludes halogenated alkanes) is 4. The zero-order valence-electron chi connectivity index (χ0n) is 7.81. The fourth-order valence-corrected chi connectivity index (χ4v) is 1.31. The molecule has 1 aromatic heterocycles. The van der Waals surface area contributed by atoms with E-state index in [4.69, 9.17) is 4.42 Å². The second kappa shape index (κ2) is 5.87. The van der Waals surface area contributed by atoms with E-state index in [-0.39, 0.29) is 0 Å². The molecule has 0 saturated carbocycles. The molecule has 0 aromatic carbocycles. The van der Waals surface area contributed by atoms with Gasteiger partial charge in [0.2, 0.25) is 0 Å². The van der Waals surface area contributed by atoms with E-state index in [1.54, 1.807) is 6.26 Å². The quantitative estimate of drug-likeness (QED) is 0.587. The molecule has 0 spiro atoms. The molecule has 0 N–H and O–H groups in total. The monoisotopic (exact) mass is 165 g/mol. The summed E-state index contributed by atoms with van der Waals surface area (Å²) in [4.78, 5) is 0. The molecule has 0 unspecified atom stereocenters. The average Bonchev–Trinajstić information content (AvgIpc) is 2.57. The predicted molar refractivity (Wildman–Crippen MR) is 50.0 cm³/mol. The summed E-state index contributed by atoms with van der Waals surface area (Å²) in [6, 6.07) is 2.00. The van der Waals surface area contributed by atoms with Crippen molar-refractivity contribution in [3.63, 3.8) is 0 Å². The lowest BCUT2D eigenvalue weighted by Gasteiger charge is -1.96. The van der Waals surface area contributed by atoms with Crippen LogP contribution in [0.2, 0.25) is 0 Å². The van der Waals surface area contributed by atoms with Gasteiger partial charge in [0.25, 0.3) is 0 Å². The van der Waals surface area contributed by atoms with Crippen LogP contribution in [0.1, 0.15) is 44.6 Å². The highest BCUT2D eigenvalue weighted by atomic mass is 16.3. The lowest BCUT2D eigenvalue weighted by atomic mass is 10.1.